The molecule has 3 aromatic rings. The highest BCUT2D eigenvalue weighted by atomic mass is 79.9. The van der Waals surface area contributed by atoms with Crippen molar-refractivity contribution in [3.05, 3.63) is 58.6 Å². The lowest BCUT2D eigenvalue weighted by Crippen LogP contribution is -2.36. The fourth-order valence-corrected chi connectivity index (χ4v) is 4.55. The van der Waals surface area contributed by atoms with Gasteiger partial charge in [-0.2, -0.15) is 10.1 Å². The Morgan fingerprint density at radius 1 is 1.31 bits per heavy atom. The van der Waals surface area contributed by atoms with Crippen LogP contribution in [0.5, 0.6) is 0 Å². The van der Waals surface area contributed by atoms with Crippen LogP contribution in [0.3, 0.4) is 0 Å². The lowest BCUT2D eigenvalue weighted by atomic mass is 10.2. The predicted molar refractivity (Wildman–Crippen MR) is 120 cm³/mol. The number of aromatic nitrogens is 3. The molecule has 0 aliphatic carbocycles. The van der Waals surface area contributed by atoms with E-state index in [-0.39, 0.29) is 17.2 Å². The van der Waals surface area contributed by atoms with E-state index >= 15 is 0 Å². The normalized spacial score (nSPS) is 15.1. The van der Waals surface area contributed by atoms with Gasteiger partial charge in [-0.1, -0.05) is 63.7 Å². The number of carbonyl (C=O) groups is 1. The van der Waals surface area contributed by atoms with Crippen LogP contribution in [0.1, 0.15) is 5.56 Å². The highest BCUT2D eigenvalue weighted by Gasteiger charge is 2.22. The Kier molecular flexibility index (Phi) is 6.37. The van der Waals surface area contributed by atoms with E-state index in [2.05, 4.69) is 52.3 Å². The van der Waals surface area contributed by atoms with Gasteiger partial charge in [-0.05, 0) is 29.8 Å². The summed E-state index contributed by atoms with van der Waals surface area (Å²) in [6.07, 6.45) is 1.68. The van der Waals surface area contributed by atoms with Crippen molar-refractivity contribution in [2.24, 2.45) is 5.10 Å². The van der Waals surface area contributed by atoms with E-state index < -0.39 is 0 Å². The lowest BCUT2D eigenvalue weighted by molar-refractivity contribution is -0.118. The third-order valence-corrected chi connectivity index (χ3v) is 6.16. The van der Waals surface area contributed by atoms with Crippen LogP contribution in [0.4, 0.5) is 11.6 Å². The van der Waals surface area contributed by atoms with Crippen molar-refractivity contribution >= 4 is 63.2 Å². The second-order valence-electron chi connectivity index (χ2n) is 5.89. The molecule has 0 saturated heterocycles. The number of hydrazone groups is 1. The van der Waals surface area contributed by atoms with E-state index in [9.17, 15) is 4.79 Å². The number of benzene rings is 2. The van der Waals surface area contributed by atoms with Crippen LogP contribution in [-0.2, 0) is 4.79 Å². The number of H-pyrrole nitrogens is 1. The first kappa shape index (κ1) is 19.8. The largest absolute Gasteiger partial charge is 0.356 e. The number of fused-ring (bicyclic) bond motifs is 1. The number of aromatic amines is 1. The fraction of sp³-hybridized carbons (Fsp3) is 0.111. The van der Waals surface area contributed by atoms with E-state index in [0.717, 1.165) is 20.6 Å². The van der Waals surface area contributed by atoms with Gasteiger partial charge < -0.3 is 10.6 Å². The van der Waals surface area contributed by atoms with Gasteiger partial charge in [0.1, 0.15) is 0 Å². The molecule has 4 N–H and O–H groups in total. The molecule has 1 amide bonds. The molecule has 8 nitrogen and oxygen atoms in total. The zero-order valence-corrected chi connectivity index (χ0v) is 18.1. The summed E-state index contributed by atoms with van der Waals surface area (Å²) >= 11 is 6.24. The molecule has 1 aliphatic rings. The van der Waals surface area contributed by atoms with E-state index in [0.29, 0.717) is 11.1 Å². The number of thioether (sulfide) groups is 2. The van der Waals surface area contributed by atoms with Crippen molar-refractivity contribution in [1.82, 2.24) is 20.5 Å². The summed E-state index contributed by atoms with van der Waals surface area (Å²) in [6, 6.07) is 15.7. The molecule has 0 bridgehead atoms. The molecule has 4 rings (SSSR count). The molecular formula is C18H16BrN7OS2. The molecule has 0 radical (unpaired) electrons. The van der Waals surface area contributed by atoms with E-state index in [4.69, 9.17) is 0 Å². The summed E-state index contributed by atoms with van der Waals surface area (Å²) in [5.74, 6) is 0.524. The summed E-state index contributed by atoms with van der Waals surface area (Å²) < 4.78 is 0.980. The van der Waals surface area contributed by atoms with Gasteiger partial charge in [-0.15, -0.1) is 5.10 Å². The number of para-hydroxylation sites is 1. The van der Waals surface area contributed by atoms with Gasteiger partial charge in [0.25, 0.3) is 0 Å². The maximum Gasteiger partial charge on any atom is 0.240 e. The van der Waals surface area contributed by atoms with Gasteiger partial charge in [0.15, 0.2) is 5.50 Å². The minimum absolute atomic E-state index is 0.0974. The zero-order chi connectivity index (χ0) is 20.1. The minimum Gasteiger partial charge on any atom is -0.356 e. The number of nitrogens with zero attached hydrogens (tertiary/aromatic N) is 3. The molecule has 0 saturated carbocycles. The predicted octanol–water partition coefficient (Wildman–Crippen LogP) is 3.72. The summed E-state index contributed by atoms with van der Waals surface area (Å²) in [5.41, 5.74) is 4.59. The van der Waals surface area contributed by atoms with Gasteiger partial charge in [-0.3, -0.25) is 4.79 Å². The van der Waals surface area contributed by atoms with Crippen LogP contribution < -0.4 is 16.1 Å². The van der Waals surface area contributed by atoms with Crippen LogP contribution in [0.15, 0.2) is 68.2 Å². The second-order valence-corrected chi connectivity index (χ2v) is 8.89. The third kappa shape index (κ3) is 5.52. The third-order valence-electron chi connectivity index (χ3n) is 3.74. The van der Waals surface area contributed by atoms with Gasteiger partial charge in [-0.25, -0.2) is 10.5 Å². The van der Waals surface area contributed by atoms with Gasteiger partial charge >= 0.3 is 0 Å². The number of hydrogen-bond donors (Lipinski definition) is 4. The van der Waals surface area contributed by atoms with E-state index in [1.54, 1.807) is 18.0 Å². The number of rotatable bonds is 7. The number of anilines is 2. The molecule has 29 heavy (non-hydrogen) atoms. The molecule has 2 heterocycles. The Labute approximate surface area is 183 Å². The molecule has 1 aliphatic heterocycles. The summed E-state index contributed by atoms with van der Waals surface area (Å²) in [7, 11) is 0. The zero-order valence-electron chi connectivity index (χ0n) is 14.9. The average Bonchev–Trinajstić information content (AvgIpc) is 3.32. The SMILES string of the molecule is O=C(CSc1n[nH]c(N/N=C\c2cccc(Br)c2)n1)N[C@@H]1Nc2ccccc2S1. The van der Waals surface area contributed by atoms with Gasteiger partial charge in [0.2, 0.25) is 17.0 Å². The first-order valence-corrected chi connectivity index (χ1v) is 11.2. The number of amides is 1. The fourth-order valence-electron chi connectivity index (χ4n) is 2.49. The maximum absolute atomic E-state index is 12.2. The van der Waals surface area contributed by atoms with Crippen molar-refractivity contribution in [1.29, 1.82) is 0 Å². The number of hydrogen-bond acceptors (Lipinski definition) is 8. The van der Waals surface area contributed by atoms with Crippen molar-refractivity contribution < 1.29 is 4.79 Å². The summed E-state index contributed by atoms with van der Waals surface area (Å²) in [4.78, 5) is 17.6. The molecular weight excluding hydrogens is 474 g/mol. The molecule has 0 fully saturated rings. The highest BCUT2D eigenvalue weighted by molar-refractivity contribution is 9.10. The maximum atomic E-state index is 12.2. The number of halogens is 1. The van der Waals surface area contributed by atoms with Crippen molar-refractivity contribution in [2.45, 2.75) is 15.5 Å². The average molecular weight is 490 g/mol. The summed E-state index contributed by atoms with van der Waals surface area (Å²) in [5, 5.41) is 17.6. The van der Waals surface area contributed by atoms with Gasteiger partial charge in [0, 0.05) is 9.37 Å². The van der Waals surface area contributed by atoms with E-state index in [1.807, 2.05) is 48.5 Å². The van der Waals surface area contributed by atoms with Crippen LogP contribution >= 0.6 is 39.5 Å². The minimum atomic E-state index is -0.169. The second kappa shape index (κ2) is 9.33. The Balaban J connectivity index is 1.22. The van der Waals surface area contributed by atoms with Crippen LogP contribution in [0.2, 0.25) is 0 Å². The number of carbonyl (C=O) groups excluding carboxylic acids is 1. The first-order chi connectivity index (χ1) is 14.2. The number of nitrogens with one attached hydrogen (secondary N) is 4. The molecule has 148 valence electrons. The Morgan fingerprint density at radius 2 is 2.21 bits per heavy atom. The van der Waals surface area contributed by atoms with Gasteiger partial charge in [0.05, 0.1) is 17.7 Å². The van der Waals surface area contributed by atoms with Crippen molar-refractivity contribution in [2.75, 3.05) is 16.5 Å². The topological polar surface area (TPSA) is 107 Å². The molecule has 1 atom stereocenters. The Morgan fingerprint density at radius 3 is 3.07 bits per heavy atom. The van der Waals surface area contributed by atoms with E-state index in [1.165, 1.54) is 11.8 Å². The van der Waals surface area contributed by atoms with Crippen LogP contribution in [0, 0.1) is 0 Å². The van der Waals surface area contributed by atoms with Crippen LogP contribution in [-0.4, -0.2) is 38.6 Å². The molecule has 2 aromatic carbocycles. The smallest absolute Gasteiger partial charge is 0.240 e. The quantitative estimate of drug-likeness (QED) is 0.227. The molecule has 0 spiro atoms. The summed E-state index contributed by atoms with van der Waals surface area (Å²) in [6.45, 7) is 0. The molecule has 1 aromatic heterocycles. The van der Waals surface area contributed by atoms with Crippen LogP contribution in [0.25, 0.3) is 0 Å². The monoisotopic (exact) mass is 489 g/mol. The lowest BCUT2D eigenvalue weighted by Gasteiger charge is -2.12. The first-order valence-electron chi connectivity index (χ1n) is 8.57. The Bertz CT molecular complexity index is 1020. The highest BCUT2D eigenvalue weighted by Crippen LogP contribution is 2.36. The van der Waals surface area contributed by atoms with Crippen molar-refractivity contribution in [3.63, 3.8) is 0 Å². The molecule has 11 heteroatoms. The Hall–Kier alpha value is -2.50. The van der Waals surface area contributed by atoms with Crippen molar-refractivity contribution in [3.8, 4) is 0 Å². The standard InChI is InChI=1S/C18H16BrN7OS2/c19-12-5-3-4-11(8-12)9-20-24-16-23-18(26-25-16)28-10-15(27)22-17-21-13-6-1-2-7-14(13)29-17/h1-9,17,21H,10H2,(H,22,27)(H2,23,24,25,26)/b20-9-/t17-/m0/s1. The molecule has 0 unspecified atom stereocenters.